The quantitative estimate of drug-likeness (QED) is 0.764. The van der Waals surface area contributed by atoms with E-state index >= 15 is 0 Å². The number of nitrogens with one attached hydrogen (secondary N) is 2. The number of aromatic nitrogens is 2. The van der Waals surface area contributed by atoms with E-state index in [1.54, 1.807) is 11.3 Å². The Morgan fingerprint density at radius 2 is 2.14 bits per heavy atom. The molecule has 0 aliphatic carbocycles. The van der Waals surface area contributed by atoms with Crippen LogP contribution in [-0.4, -0.2) is 15.9 Å². The number of fused-ring (bicyclic) bond motifs is 1. The van der Waals surface area contributed by atoms with Crippen LogP contribution in [0.25, 0.3) is 10.9 Å². The molecule has 0 radical (unpaired) electrons. The van der Waals surface area contributed by atoms with E-state index in [0.29, 0.717) is 6.42 Å². The molecule has 114 valence electrons. The molecule has 0 spiro atoms. The van der Waals surface area contributed by atoms with Crippen LogP contribution in [0.3, 0.4) is 0 Å². The van der Waals surface area contributed by atoms with E-state index in [4.69, 9.17) is 0 Å². The van der Waals surface area contributed by atoms with Crippen molar-refractivity contribution in [2.75, 3.05) is 5.32 Å². The number of H-pyrrole nitrogens is 1. The lowest BCUT2D eigenvalue weighted by atomic mass is 9.98. The highest BCUT2D eigenvalue weighted by Gasteiger charge is 2.18. The minimum absolute atomic E-state index is 0.0265. The number of nitrogens with zero attached hydrogens (tertiary/aromatic N) is 1. The lowest BCUT2D eigenvalue weighted by Crippen LogP contribution is -2.15. The Balaban J connectivity index is 1.68. The van der Waals surface area contributed by atoms with Crippen molar-refractivity contribution in [2.24, 2.45) is 0 Å². The van der Waals surface area contributed by atoms with Crippen LogP contribution < -0.4 is 5.32 Å². The third-order valence-corrected chi connectivity index (χ3v) is 4.69. The number of hydrogen-bond acceptors (Lipinski definition) is 3. The first-order valence-corrected chi connectivity index (χ1v) is 8.12. The zero-order valence-corrected chi connectivity index (χ0v) is 13.8. The second kappa shape index (κ2) is 5.57. The summed E-state index contributed by atoms with van der Waals surface area (Å²) in [6.45, 7) is 6.38. The maximum atomic E-state index is 12.2. The van der Waals surface area contributed by atoms with Gasteiger partial charge in [0, 0.05) is 33.6 Å². The summed E-state index contributed by atoms with van der Waals surface area (Å²) < 4.78 is 0. The van der Waals surface area contributed by atoms with Crippen molar-refractivity contribution >= 4 is 33.8 Å². The Morgan fingerprint density at radius 1 is 1.32 bits per heavy atom. The van der Waals surface area contributed by atoms with Gasteiger partial charge in [-0.2, -0.15) is 0 Å². The molecule has 2 heterocycles. The van der Waals surface area contributed by atoms with Gasteiger partial charge in [0.25, 0.3) is 0 Å². The van der Waals surface area contributed by atoms with E-state index in [2.05, 4.69) is 36.1 Å². The first kappa shape index (κ1) is 14.8. The number of thiazole rings is 1. The molecule has 5 heteroatoms. The first-order chi connectivity index (χ1) is 10.4. The van der Waals surface area contributed by atoms with Crippen molar-refractivity contribution in [1.82, 2.24) is 9.97 Å². The number of carbonyl (C=O) groups excluding carboxylic acids is 1. The minimum atomic E-state index is -0.0411. The predicted molar refractivity (Wildman–Crippen MR) is 91.4 cm³/mol. The van der Waals surface area contributed by atoms with Crippen molar-refractivity contribution in [1.29, 1.82) is 0 Å². The van der Waals surface area contributed by atoms with Gasteiger partial charge >= 0.3 is 0 Å². The van der Waals surface area contributed by atoms with Crippen molar-refractivity contribution in [3.8, 4) is 0 Å². The van der Waals surface area contributed by atoms with Crippen LogP contribution in [0.15, 0.2) is 35.8 Å². The predicted octanol–water partition coefficient (Wildman–Crippen LogP) is 4.10. The maximum Gasteiger partial charge on any atom is 0.230 e. The lowest BCUT2D eigenvalue weighted by Gasteiger charge is -2.13. The summed E-state index contributed by atoms with van der Waals surface area (Å²) in [6.07, 6.45) is 2.19. The Kier molecular flexibility index (Phi) is 3.74. The highest BCUT2D eigenvalue weighted by Crippen LogP contribution is 2.26. The third kappa shape index (κ3) is 3.20. The van der Waals surface area contributed by atoms with E-state index in [1.165, 1.54) is 0 Å². The van der Waals surface area contributed by atoms with Gasteiger partial charge in [-0.3, -0.25) is 4.79 Å². The SMILES string of the molecule is CC(C)(C)c1nc(CC(=O)Nc2ccc3[nH]ccc3c2)cs1. The van der Waals surface area contributed by atoms with Gasteiger partial charge in [-0.1, -0.05) is 20.8 Å². The summed E-state index contributed by atoms with van der Waals surface area (Å²) in [5.41, 5.74) is 2.73. The first-order valence-electron chi connectivity index (χ1n) is 7.24. The summed E-state index contributed by atoms with van der Waals surface area (Å²) in [5.74, 6) is -0.0411. The molecular weight excluding hydrogens is 294 g/mol. The van der Waals surface area contributed by atoms with Crippen LogP contribution >= 0.6 is 11.3 Å². The largest absolute Gasteiger partial charge is 0.361 e. The average molecular weight is 313 g/mol. The lowest BCUT2D eigenvalue weighted by molar-refractivity contribution is -0.115. The zero-order valence-electron chi connectivity index (χ0n) is 12.9. The second-order valence-electron chi connectivity index (χ2n) is 6.40. The Morgan fingerprint density at radius 3 is 2.86 bits per heavy atom. The van der Waals surface area contributed by atoms with Gasteiger partial charge in [-0.05, 0) is 24.3 Å². The molecule has 1 aromatic carbocycles. The van der Waals surface area contributed by atoms with Crippen molar-refractivity contribution in [3.05, 3.63) is 46.5 Å². The number of benzene rings is 1. The molecule has 0 aliphatic heterocycles. The number of rotatable bonds is 3. The zero-order chi connectivity index (χ0) is 15.7. The van der Waals surface area contributed by atoms with E-state index < -0.39 is 0 Å². The Labute approximate surface area is 133 Å². The topological polar surface area (TPSA) is 57.8 Å². The smallest absolute Gasteiger partial charge is 0.230 e. The van der Waals surface area contributed by atoms with Gasteiger partial charge in [-0.25, -0.2) is 4.98 Å². The van der Waals surface area contributed by atoms with Crippen LogP contribution in [0, 0.1) is 0 Å². The van der Waals surface area contributed by atoms with E-state index in [-0.39, 0.29) is 11.3 Å². The molecule has 2 N–H and O–H groups in total. The maximum absolute atomic E-state index is 12.2. The van der Waals surface area contributed by atoms with Crippen molar-refractivity contribution in [3.63, 3.8) is 0 Å². The van der Waals surface area contributed by atoms with Crippen molar-refractivity contribution < 1.29 is 4.79 Å². The molecule has 0 unspecified atom stereocenters. The molecule has 0 saturated heterocycles. The highest BCUT2D eigenvalue weighted by atomic mass is 32.1. The molecular formula is C17H19N3OS. The fraction of sp³-hybridized carbons (Fsp3) is 0.294. The molecule has 3 rings (SSSR count). The van der Waals surface area contributed by atoms with Gasteiger partial charge in [0.2, 0.25) is 5.91 Å². The number of hydrogen-bond donors (Lipinski definition) is 2. The molecule has 0 atom stereocenters. The fourth-order valence-electron chi connectivity index (χ4n) is 2.23. The number of carbonyl (C=O) groups is 1. The molecule has 0 saturated carbocycles. The minimum Gasteiger partial charge on any atom is -0.361 e. The summed E-state index contributed by atoms with van der Waals surface area (Å²) >= 11 is 1.61. The summed E-state index contributed by atoms with van der Waals surface area (Å²) in [4.78, 5) is 19.9. The molecule has 0 aliphatic rings. The van der Waals surface area contributed by atoms with Crippen LogP contribution in [0.5, 0.6) is 0 Å². The molecule has 3 aromatic rings. The van der Waals surface area contributed by atoms with Crippen molar-refractivity contribution in [2.45, 2.75) is 32.6 Å². The molecule has 0 bridgehead atoms. The van der Waals surface area contributed by atoms with Gasteiger partial charge in [0.05, 0.1) is 17.1 Å². The van der Waals surface area contributed by atoms with Gasteiger partial charge in [-0.15, -0.1) is 11.3 Å². The summed E-state index contributed by atoms with van der Waals surface area (Å²) in [7, 11) is 0. The Hall–Kier alpha value is -2.14. The van der Waals surface area contributed by atoms with Crippen LogP contribution in [-0.2, 0) is 16.6 Å². The monoisotopic (exact) mass is 313 g/mol. The van der Waals surface area contributed by atoms with Gasteiger partial charge < -0.3 is 10.3 Å². The van der Waals surface area contributed by atoms with E-state index in [9.17, 15) is 4.79 Å². The molecule has 22 heavy (non-hydrogen) atoms. The number of aromatic amines is 1. The summed E-state index contributed by atoms with van der Waals surface area (Å²) in [5, 5.41) is 7.04. The van der Waals surface area contributed by atoms with E-state index in [1.807, 2.05) is 35.8 Å². The van der Waals surface area contributed by atoms with Gasteiger partial charge in [0.1, 0.15) is 0 Å². The average Bonchev–Trinajstić information content (AvgIpc) is 3.05. The van der Waals surface area contributed by atoms with Crippen LogP contribution in [0.2, 0.25) is 0 Å². The van der Waals surface area contributed by atoms with E-state index in [0.717, 1.165) is 27.3 Å². The fourth-order valence-corrected chi connectivity index (χ4v) is 3.14. The standard InChI is InChI=1S/C17H19N3OS/c1-17(2,3)16-20-13(10-22-16)9-15(21)19-12-4-5-14-11(8-12)6-7-18-14/h4-8,10,18H,9H2,1-3H3,(H,19,21). The third-order valence-electron chi connectivity index (χ3n) is 3.37. The normalized spacial score (nSPS) is 11.8. The Bertz CT molecular complexity index is 811. The highest BCUT2D eigenvalue weighted by molar-refractivity contribution is 7.09. The van der Waals surface area contributed by atoms with Gasteiger partial charge in [0.15, 0.2) is 0 Å². The molecule has 4 nitrogen and oxygen atoms in total. The second-order valence-corrected chi connectivity index (χ2v) is 7.26. The number of amides is 1. The molecule has 2 aromatic heterocycles. The molecule has 1 amide bonds. The molecule has 0 fully saturated rings. The number of anilines is 1. The van der Waals surface area contributed by atoms with Crippen LogP contribution in [0.4, 0.5) is 5.69 Å². The summed E-state index contributed by atoms with van der Waals surface area (Å²) in [6, 6.07) is 7.82. The van der Waals surface area contributed by atoms with Crippen LogP contribution in [0.1, 0.15) is 31.5 Å².